The molecular formula is C22H20ClN5O2. The molecule has 0 aliphatic heterocycles. The number of benzene rings is 2. The van der Waals surface area contributed by atoms with Gasteiger partial charge in [-0.15, -0.1) is 0 Å². The Balaban J connectivity index is 1.85. The van der Waals surface area contributed by atoms with Crippen LogP contribution in [0.15, 0.2) is 60.8 Å². The molecule has 30 heavy (non-hydrogen) atoms. The van der Waals surface area contributed by atoms with E-state index >= 15 is 0 Å². The lowest BCUT2D eigenvalue weighted by Gasteiger charge is -2.15. The van der Waals surface area contributed by atoms with Crippen LogP contribution < -0.4 is 16.0 Å². The molecule has 1 heterocycles. The number of carbonyl (C=O) groups excluding carboxylic acids is 2. The molecule has 0 saturated carbocycles. The monoisotopic (exact) mass is 421 g/mol. The zero-order chi connectivity index (χ0) is 21.7. The fraction of sp³-hybridized carbons (Fsp3) is 0.0909. The minimum absolute atomic E-state index is 0.142. The van der Waals surface area contributed by atoms with Crippen LogP contribution in [-0.2, 0) is 4.79 Å². The Hall–Kier alpha value is -3.71. The van der Waals surface area contributed by atoms with Crippen molar-refractivity contribution in [2.75, 3.05) is 16.0 Å². The van der Waals surface area contributed by atoms with Gasteiger partial charge in [0.15, 0.2) is 0 Å². The molecule has 0 spiro atoms. The Morgan fingerprint density at radius 1 is 0.900 bits per heavy atom. The average molecular weight is 422 g/mol. The summed E-state index contributed by atoms with van der Waals surface area (Å²) < 4.78 is 0. The van der Waals surface area contributed by atoms with E-state index in [2.05, 4.69) is 20.9 Å². The second kappa shape index (κ2) is 9.19. The summed E-state index contributed by atoms with van der Waals surface area (Å²) in [4.78, 5) is 28.2. The zero-order valence-corrected chi connectivity index (χ0v) is 17.2. The molecule has 0 aliphatic rings. The summed E-state index contributed by atoms with van der Waals surface area (Å²) in [6.07, 6.45) is 1.38. The molecule has 0 bridgehead atoms. The SMILES string of the molecule is CC(=N)c1c(Nc2ccccc2)ncc(C(=O)Nc2ccc(NC(C)=O)cc2)c1Cl. The Morgan fingerprint density at radius 3 is 2.07 bits per heavy atom. The van der Waals surface area contributed by atoms with E-state index in [9.17, 15) is 9.59 Å². The van der Waals surface area contributed by atoms with Gasteiger partial charge in [0.1, 0.15) is 5.82 Å². The second-order valence-corrected chi connectivity index (χ2v) is 6.92. The highest BCUT2D eigenvalue weighted by Crippen LogP contribution is 2.29. The summed E-state index contributed by atoms with van der Waals surface area (Å²) in [5, 5.41) is 16.8. The number of hydrogen-bond donors (Lipinski definition) is 4. The van der Waals surface area contributed by atoms with Gasteiger partial charge < -0.3 is 21.4 Å². The van der Waals surface area contributed by atoms with Gasteiger partial charge in [0.05, 0.1) is 16.1 Å². The van der Waals surface area contributed by atoms with Crippen molar-refractivity contribution in [3.63, 3.8) is 0 Å². The van der Waals surface area contributed by atoms with E-state index in [4.69, 9.17) is 17.0 Å². The lowest BCUT2D eigenvalue weighted by Crippen LogP contribution is -2.15. The van der Waals surface area contributed by atoms with Crippen LogP contribution in [0.5, 0.6) is 0 Å². The van der Waals surface area contributed by atoms with Gasteiger partial charge in [0.25, 0.3) is 5.91 Å². The van der Waals surface area contributed by atoms with E-state index < -0.39 is 5.91 Å². The summed E-state index contributed by atoms with van der Waals surface area (Å²) in [6.45, 7) is 3.01. The summed E-state index contributed by atoms with van der Waals surface area (Å²) in [5.41, 5.74) is 2.64. The van der Waals surface area contributed by atoms with Crippen LogP contribution in [0.3, 0.4) is 0 Å². The number of nitrogens with one attached hydrogen (secondary N) is 4. The normalized spacial score (nSPS) is 10.2. The van der Waals surface area contributed by atoms with Gasteiger partial charge in [-0.05, 0) is 43.3 Å². The van der Waals surface area contributed by atoms with E-state index in [0.717, 1.165) is 5.69 Å². The number of pyridine rings is 1. The van der Waals surface area contributed by atoms with Crippen molar-refractivity contribution in [3.8, 4) is 0 Å². The number of halogens is 1. The number of aromatic nitrogens is 1. The van der Waals surface area contributed by atoms with Crippen LogP contribution in [0.2, 0.25) is 5.02 Å². The van der Waals surface area contributed by atoms with Crippen LogP contribution in [0, 0.1) is 5.41 Å². The molecular weight excluding hydrogens is 402 g/mol. The first-order valence-electron chi connectivity index (χ1n) is 9.10. The molecule has 0 atom stereocenters. The first-order chi connectivity index (χ1) is 14.3. The molecule has 0 fully saturated rings. The number of anilines is 4. The van der Waals surface area contributed by atoms with Crippen molar-refractivity contribution in [3.05, 3.63) is 76.9 Å². The van der Waals surface area contributed by atoms with Gasteiger partial charge in [0.2, 0.25) is 5.91 Å². The maximum atomic E-state index is 12.7. The van der Waals surface area contributed by atoms with Crippen LogP contribution in [0.25, 0.3) is 0 Å². The molecule has 0 radical (unpaired) electrons. The molecule has 0 saturated heterocycles. The summed E-state index contributed by atoms with van der Waals surface area (Å²) >= 11 is 6.49. The fourth-order valence-corrected chi connectivity index (χ4v) is 3.15. The van der Waals surface area contributed by atoms with Gasteiger partial charge >= 0.3 is 0 Å². The molecule has 0 unspecified atom stereocenters. The third-order valence-electron chi connectivity index (χ3n) is 4.13. The first kappa shape index (κ1) is 21.0. The number of para-hydroxylation sites is 1. The maximum Gasteiger partial charge on any atom is 0.258 e. The number of amides is 2. The summed E-state index contributed by atoms with van der Waals surface area (Å²) in [7, 11) is 0. The van der Waals surface area contributed by atoms with Crippen LogP contribution in [0.1, 0.15) is 29.8 Å². The molecule has 0 aliphatic carbocycles. The Morgan fingerprint density at radius 2 is 1.50 bits per heavy atom. The van der Waals surface area contributed by atoms with Crippen LogP contribution in [0.4, 0.5) is 22.9 Å². The van der Waals surface area contributed by atoms with Gasteiger partial charge in [0, 0.05) is 35.9 Å². The van der Waals surface area contributed by atoms with Crippen molar-refractivity contribution < 1.29 is 9.59 Å². The minimum Gasteiger partial charge on any atom is -0.340 e. The van der Waals surface area contributed by atoms with E-state index in [1.165, 1.54) is 13.1 Å². The molecule has 2 aromatic carbocycles. The molecule has 1 aromatic heterocycles. The highest BCUT2D eigenvalue weighted by Gasteiger charge is 2.20. The van der Waals surface area contributed by atoms with Crippen molar-refractivity contribution in [2.24, 2.45) is 0 Å². The first-order valence-corrected chi connectivity index (χ1v) is 9.48. The molecule has 152 valence electrons. The molecule has 2 amide bonds. The Kier molecular flexibility index (Phi) is 6.44. The smallest absolute Gasteiger partial charge is 0.258 e. The number of hydrogen-bond acceptors (Lipinski definition) is 5. The standard InChI is InChI=1S/C22H20ClN5O2/c1-13(24)19-20(23)18(12-25-21(19)27-15-6-4-3-5-7-15)22(30)28-17-10-8-16(9-11-17)26-14(2)29/h3-12,24H,1-2H3,(H,25,27)(H,26,29)(H,28,30). The predicted molar refractivity (Wildman–Crippen MR) is 120 cm³/mol. The van der Waals surface area contributed by atoms with Crippen LogP contribution in [-0.4, -0.2) is 22.5 Å². The topological polar surface area (TPSA) is 107 Å². The molecule has 8 heteroatoms. The fourth-order valence-electron chi connectivity index (χ4n) is 2.78. The van der Waals surface area contributed by atoms with Gasteiger partial charge in [-0.2, -0.15) is 0 Å². The van der Waals surface area contributed by atoms with Crippen molar-refractivity contribution in [1.82, 2.24) is 4.98 Å². The zero-order valence-electron chi connectivity index (χ0n) is 16.4. The third kappa shape index (κ3) is 5.01. The third-order valence-corrected chi connectivity index (χ3v) is 4.53. The van der Waals surface area contributed by atoms with Crippen molar-refractivity contribution in [2.45, 2.75) is 13.8 Å². The van der Waals surface area contributed by atoms with E-state index in [-0.39, 0.29) is 22.2 Å². The molecule has 4 N–H and O–H groups in total. The minimum atomic E-state index is -0.450. The van der Waals surface area contributed by atoms with Gasteiger partial charge in [-0.3, -0.25) is 9.59 Å². The predicted octanol–water partition coefficient (Wildman–Crippen LogP) is 5.08. The lowest BCUT2D eigenvalue weighted by atomic mass is 10.1. The highest BCUT2D eigenvalue weighted by atomic mass is 35.5. The molecule has 3 aromatic rings. The second-order valence-electron chi connectivity index (χ2n) is 6.54. The number of carbonyl (C=O) groups is 2. The summed E-state index contributed by atoms with van der Waals surface area (Å²) in [6, 6.07) is 16.1. The van der Waals surface area contributed by atoms with E-state index in [1.54, 1.807) is 31.2 Å². The highest BCUT2D eigenvalue weighted by molar-refractivity contribution is 6.38. The van der Waals surface area contributed by atoms with E-state index in [1.807, 2.05) is 30.3 Å². The molecule has 3 rings (SSSR count). The van der Waals surface area contributed by atoms with Crippen molar-refractivity contribution >= 4 is 52.0 Å². The molecule has 7 nitrogen and oxygen atoms in total. The largest absolute Gasteiger partial charge is 0.340 e. The quantitative estimate of drug-likeness (QED) is 0.416. The van der Waals surface area contributed by atoms with Crippen molar-refractivity contribution in [1.29, 1.82) is 5.41 Å². The summed E-state index contributed by atoms with van der Waals surface area (Å²) in [5.74, 6) is -0.230. The maximum absolute atomic E-state index is 12.7. The number of nitrogens with zero attached hydrogens (tertiary/aromatic N) is 1. The Bertz CT molecular complexity index is 1100. The Labute approximate surface area is 179 Å². The average Bonchev–Trinajstić information content (AvgIpc) is 2.69. The van der Waals surface area contributed by atoms with E-state index in [0.29, 0.717) is 22.8 Å². The van der Waals surface area contributed by atoms with Crippen LogP contribution >= 0.6 is 11.6 Å². The number of rotatable bonds is 6. The lowest BCUT2D eigenvalue weighted by molar-refractivity contribution is -0.114. The van der Waals surface area contributed by atoms with Gasteiger partial charge in [-0.1, -0.05) is 29.8 Å². The van der Waals surface area contributed by atoms with Gasteiger partial charge in [-0.25, -0.2) is 4.98 Å².